The van der Waals surface area contributed by atoms with Crippen LogP contribution in [0.1, 0.15) is 0 Å². The Hall–Kier alpha value is -2.85. The summed E-state index contributed by atoms with van der Waals surface area (Å²) in [5.41, 5.74) is 6.64. The second-order valence-corrected chi connectivity index (χ2v) is 7.26. The third kappa shape index (κ3) is 5.31. The van der Waals surface area contributed by atoms with Crippen LogP contribution in [0.5, 0.6) is 0 Å². The molecule has 0 fully saturated rings. The number of carbonyl (C=O) groups is 2. The zero-order chi connectivity index (χ0) is 19.1. The van der Waals surface area contributed by atoms with E-state index in [1.165, 1.54) is 23.5 Å². The molecule has 2 amide bonds. The van der Waals surface area contributed by atoms with Gasteiger partial charge in [-0.05, 0) is 34.7 Å². The Labute approximate surface area is 163 Å². The standard InChI is InChI=1S/C17H16N6O2S2/c18-15(24)10-26-14-9-5-4-8-13(14)19-16(25)11-27-17-20-21-22-23(17)12-6-2-1-3-7-12/h1-9H,10-11H2,(H2,18,24)(H,19,25). The fourth-order valence-corrected chi connectivity index (χ4v) is 3.60. The number of hydrogen-bond donors (Lipinski definition) is 2. The first-order chi connectivity index (χ1) is 13.1. The molecule has 1 heterocycles. The van der Waals surface area contributed by atoms with E-state index in [0.717, 1.165) is 10.6 Å². The van der Waals surface area contributed by atoms with Crippen LogP contribution < -0.4 is 11.1 Å². The summed E-state index contributed by atoms with van der Waals surface area (Å²) in [6.45, 7) is 0. The lowest BCUT2D eigenvalue weighted by molar-refractivity contribution is -0.115. The first kappa shape index (κ1) is 18.9. The van der Waals surface area contributed by atoms with Gasteiger partial charge in [0, 0.05) is 4.90 Å². The Balaban J connectivity index is 1.62. The van der Waals surface area contributed by atoms with Crippen LogP contribution in [0.25, 0.3) is 5.69 Å². The van der Waals surface area contributed by atoms with Crippen molar-refractivity contribution in [3.63, 3.8) is 0 Å². The van der Waals surface area contributed by atoms with Crippen LogP contribution in [0.3, 0.4) is 0 Å². The topological polar surface area (TPSA) is 116 Å². The van der Waals surface area contributed by atoms with E-state index in [4.69, 9.17) is 5.73 Å². The number of thioether (sulfide) groups is 2. The van der Waals surface area contributed by atoms with E-state index in [-0.39, 0.29) is 17.4 Å². The molecule has 27 heavy (non-hydrogen) atoms. The number of benzene rings is 2. The number of rotatable bonds is 8. The average molecular weight is 400 g/mol. The van der Waals surface area contributed by atoms with E-state index in [1.54, 1.807) is 10.7 Å². The predicted octanol–water partition coefficient (Wildman–Crippen LogP) is 1.97. The van der Waals surface area contributed by atoms with Crippen molar-refractivity contribution in [3.8, 4) is 5.69 Å². The van der Waals surface area contributed by atoms with Gasteiger partial charge in [-0.2, -0.15) is 4.68 Å². The molecule has 0 atom stereocenters. The highest BCUT2D eigenvalue weighted by molar-refractivity contribution is 8.00. The van der Waals surface area contributed by atoms with E-state index in [9.17, 15) is 9.59 Å². The lowest BCUT2D eigenvalue weighted by Gasteiger charge is -2.10. The second-order valence-electron chi connectivity index (χ2n) is 5.30. The summed E-state index contributed by atoms with van der Waals surface area (Å²) in [5, 5.41) is 15.0. The van der Waals surface area contributed by atoms with E-state index >= 15 is 0 Å². The Morgan fingerprint density at radius 3 is 2.52 bits per heavy atom. The monoisotopic (exact) mass is 400 g/mol. The van der Waals surface area contributed by atoms with Crippen molar-refractivity contribution in [2.45, 2.75) is 10.1 Å². The minimum Gasteiger partial charge on any atom is -0.369 e. The molecule has 138 valence electrons. The molecule has 0 saturated carbocycles. The van der Waals surface area contributed by atoms with Crippen LogP contribution in [-0.4, -0.2) is 43.5 Å². The Kier molecular flexibility index (Phi) is 6.44. The largest absolute Gasteiger partial charge is 0.369 e. The highest BCUT2D eigenvalue weighted by Crippen LogP contribution is 2.27. The molecule has 0 aliphatic heterocycles. The average Bonchev–Trinajstić information content (AvgIpc) is 3.15. The quantitative estimate of drug-likeness (QED) is 0.555. The number of nitrogens with zero attached hydrogens (tertiary/aromatic N) is 4. The van der Waals surface area contributed by atoms with Crippen molar-refractivity contribution in [3.05, 3.63) is 54.6 Å². The number of amides is 2. The summed E-state index contributed by atoms with van der Waals surface area (Å²) in [6, 6.07) is 16.7. The molecule has 0 aliphatic carbocycles. The summed E-state index contributed by atoms with van der Waals surface area (Å²) >= 11 is 2.51. The van der Waals surface area contributed by atoms with Crippen LogP contribution in [0.15, 0.2) is 64.6 Å². The molecule has 10 heteroatoms. The van der Waals surface area contributed by atoms with Gasteiger partial charge in [-0.25, -0.2) is 0 Å². The third-order valence-corrected chi connectivity index (χ3v) is 5.32. The van der Waals surface area contributed by atoms with Gasteiger partial charge in [-0.15, -0.1) is 16.9 Å². The summed E-state index contributed by atoms with van der Waals surface area (Å²) in [7, 11) is 0. The first-order valence-corrected chi connectivity index (χ1v) is 9.87. The van der Waals surface area contributed by atoms with Crippen LogP contribution in [0.2, 0.25) is 0 Å². The van der Waals surface area contributed by atoms with Crippen molar-refractivity contribution in [1.29, 1.82) is 0 Å². The number of hydrogen-bond acceptors (Lipinski definition) is 7. The van der Waals surface area contributed by atoms with Crippen LogP contribution in [0, 0.1) is 0 Å². The zero-order valence-electron chi connectivity index (χ0n) is 14.1. The molecule has 0 unspecified atom stereocenters. The maximum Gasteiger partial charge on any atom is 0.234 e. The smallest absolute Gasteiger partial charge is 0.234 e. The Morgan fingerprint density at radius 2 is 1.74 bits per heavy atom. The number of nitrogens with two attached hydrogens (primary N) is 1. The number of nitrogens with one attached hydrogen (secondary N) is 1. The van der Waals surface area contributed by atoms with Crippen LogP contribution in [-0.2, 0) is 9.59 Å². The summed E-state index contributed by atoms with van der Waals surface area (Å²) in [5.74, 6) is -0.325. The molecular weight excluding hydrogens is 384 g/mol. The highest BCUT2D eigenvalue weighted by Gasteiger charge is 2.13. The highest BCUT2D eigenvalue weighted by atomic mass is 32.2. The van der Waals surface area contributed by atoms with Gasteiger partial charge in [0.1, 0.15) is 0 Å². The molecule has 8 nitrogen and oxygen atoms in total. The molecule has 3 N–H and O–H groups in total. The summed E-state index contributed by atoms with van der Waals surface area (Å²) in [6.07, 6.45) is 0. The summed E-state index contributed by atoms with van der Waals surface area (Å²) < 4.78 is 1.58. The molecule has 0 bridgehead atoms. The number of primary amides is 1. The molecule has 2 aromatic carbocycles. The van der Waals surface area contributed by atoms with Crippen molar-refractivity contribution >= 4 is 41.0 Å². The lowest BCUT2D eigenvalue weighted by Crippen LogP contribution is -2.16. The maximum absolute atomic E-state index is 12.3. The van der Waals surface area contributed by atoms with Gasteiger partial charge < -0.3 is 11.1 Å². The maximum atomic E-state index is 12.3. The summed E-state index contributed by atoms with van der Waals surface area (Å²) in [4.78, 5) is 24.1. The normalized spacial score (nSPS) is 10.5. The zero-order valence-corrected chi connectivity index (χ0v) is 15.7. The van der Waals surface area contributed by atoms with Crippen LogP contribution >= 0.6 is 23.5 Å². The molecule has 0 aliphatic rings. The van der Waals surface area contributed by atoms with Crippen LogP contribution in [0.4, 0.5) is 5.69 Å². The second kappa shape index (κ2) is 9.19. The Morgan fingerprint density at radius 1 is 1.00 bits per heavy atom. The van der Waals surface area contributed by atoms with Gasteiger partial charge in [-0.3, -0.25) is 9.59 Å². The fourth-order valence-electron chi connectivity index (χ4n) is 2.16. The lowest BCUT2D eigenvalue weighted by atomic mass is 10.3. The Bertz CT molecular complexity index is 932. The molecule has 0 radical (unpaired) electrons. The van der Waals surface area contributed by atoms with E-state index < -0.39 is 5.91 Å². The number of carbonyl (C=O) groups excluding carboxylic acids is 2. The molecule has 1 aromatic heterocycles. The molecular formula is C17H16N6O2S2. The van der Waals surface area contributed by atoms with E-state index in [2.05, 4.69) is 20.8 Å². The molecule has 0 spiro atoms. The number of anilines is 1. The third-order valence-electron chi connectivity index (χ3n) is 3.31. The minimum absolute atomic E-state index is 0.141. The van der Waals surface area contributed by atoms with Gasteiger partial charge in [-0.1, -0.05) is 42.1 Å². The van der Waals surface area contributed by atoms with Crippen molar-refractivity contribution in [1.82, 2.24) is 20.2 Å². The van der Waals surface area contributed by atoms with Gasteiger partial charge in [0.05, 0.1) is 22.9 Å². The predicted molar refractivity (Wildman–Crippen MR) is 105 cm³/mol. The van der Waals surface area contributed by atoms with Gasteiger partial charge in [0.25, 0.3) is 0 Å². The molecule has 3 aromatic rings. The number of aromatic nitrogens is 4. The molecule has 0 saturated heterocycles. The van der Waals surface area contributed by atoms with Crippen molar-refractivity contribution in [2.75, 3.05) is 16.8 Å². The van der Waals surface area contributed by atoms with Gasteiger partial charge >= 0.3 is 0 Å². The van der Waals surface area contributed by atoms with Gasteiger partial charge in [0.2, 0.25) is 17.0 Å². The fraction of sp³-hybridized carbons (Fsp3) is 0.118. The SMILES string of the molecule is NC(=O)CSc1ccccc1NC(=O)CSc1nnnn1-c1ccccc1. The van der Waals surface area contributed by atoms with E-state index in [1.807, 2.05) is 48.5 Å². The van der Waals surface area contributed by atoms with Crippen molar-refractivity contribution in [2.24, 2.45) is 5.73 Å². The van der Waals surface area contributed by atoms with Crippen molar-refractivity contribution < 1.29 is 9.59 Å². The minimum atomic E-state index is -0.413. The van der Waals surface area contributed by atoms with Gasteiger partial charge in [0.15, 0.2) is 0 Å². The molecule has 3 rings (SSSR count). The first-order valence-electron chi connectivity index (χ1n) is 7.90. The van der Waals surface area contributed by atoms with E-state index in [0.29, 0.717) is 10.8 Å². The number of para-hydroxylation sites is 2. The number of tetrazole rings is 1.